The van der Waals surface area contributed by atoms with Gasteiger partial charge in [-0.25, -0.2) is 4.98 Å². The Hall–Kier alpha value is -2.38. The van der Waals surface area contributed by atoms with Gasteiger partial charge in [-0.3, -0.25) is 14.4 Å². The van der Waals surface area contributed by atoms with Crippen LogP contribution in [0.4, 0.5) is 0 Å². The summed E-state index contributed by atoms with van der Waals surface area (Å²) in [4.78, 5) is 46.0. The number of hydrogen-bond donors (Lipinski definition) is 0. The zero-order valence-corrected chi connectivity index (χ0v) is 14.2. The molecule has 3 heterocycles. The van der Waals surface area contributed by atoms with E-state index in [1.54, 1.807) is 32.4 Å². The molecular formula is C16H23N5O3. The van der Waals surface area contributed by atoms with Crippen LogP contribution in [0.15, 0.2) is 6.20 Å². The Morgan fingerprint density at radius 3 is 2.50 bits per heavy atom. The van der Waals surface area contributed by atoms with E-state index in [9.17, 15) is 14.4 Å². The van der Waals surface area contributed by atoms with Gasteiger partial charge in [-0.2, -0.15) is 0 Å². The molecule has 2 aliphatic rings. The second-order valence-electron chi connectivity index (χ2n) is 6.18. The Balaban J connectivity index is 1.74. The highest BCUT2D eigenvalue weighted by Crippen LogP contribution is 2.15. The third-order valence-corrected chi connectivity index (χ3v) is 4.70. The van der Waals surface area contributed by atoms with Gasteiger partial charge in [0.15, 0.2) is 5.82 Å². The van der Waals surface area contributed by atoms with E-state index in [0.717, 1.165) is 6.42 Å². The molecule has 1 saturated heterocycles. The number of hydrogen-bond acceptors (Lipinski definition) is 4. The van der Waals surface area contributed by atoms with Crippen molar-refractivity contribution in [2.75, 3.05) is 39.3 Å². The number of carbonyl (C=O) groups excluding carboxylic acids is 3. The minimum atomic E-state index is -0.168. The van der Waals surface area contributed by atoms with Crippen LogP contribution in [0.3, 0.4) is 0 Å². The molecule has 3 rings (SSSR count). The summed E-state index contributed by atoms with van der Waals surface area (Å²) in [5.74, 6) is 0.0817. The monoisotopic (exact) mass is 333 g/mol. The first-order chi connectivity index (χ1) is 11.5. The molecule has 8 heteroatoms. The third-order valence-electron chi connectivity index (χ3n) is 4.70. The number of rotatable bonds is 2. The van der Waals surface area contributed by atoms with Crippen LogP contribution in [0.1, 0.15) is 41.4 Å². The first-order valence-electron chi connectivity index (χ1n) is 8.42. The van der Waals surface area contributed by atoms with Crippen molar-refractivity contribution in [2.24, 2.45) is 0 Å². The second kappa shape index (κ2) is 6.62. The molecule has 3 amide bonds. The average molecular weight is 333 g/mol. The Morgan fingerprint density at radius 2 is 1.79 bits per heavy atom. The molecule has 1 aromatic heterocycles. The highest BCUT2D eigenvalue weighted by molar-refractivity contribution is 5.96. The Bertz CT molecular complexity index is 669. The van der Waals surface area contributed by atoms with Crippen LogP contribution in [0.2, 0.25) is 0 Å². The van der Waals surface area contributed by atoms with E-state index in [0.29, 0.717) is 57.3 Å². The molecule has 0 saturated carbocycles. The lowest BCUT2D eigenvalue weighted by Crippen LogP contribution is -2.40. The lowest BCUT2D eigenvalue weighted by molar-refractivity contribution is -0.128. The molecular weight excluding hydrogens is 310 g/mol. The van der Waals surface area contributed by atoms with Crippen molar-refractivity contribution >= 4 is 17.7 Å². The van der Waals surface area contributed by atoms with Crippen molar-refractivity contribution in [1.29, 1.82) is 0 Å². The van der Waals surface area contributed by atoms with Crippen LogP contribution >= 0.6 is 0 Å². The first-order valence-corrected chi connectivity index (χ1v) is 8.42. The van der Waals surface area contributed by atoms with E-state index in [-0.39, 0.29) is 17.7 Å². The van der Waals surface area contributed by atoms with Crippen LogP contribution in [0.25, 0.3) is 0 Å². The fraction of sp³-hybridized carbons (Fsp3) is 0.625. The van der Waals surface area contributed by atoms with E-state index in [2.05, 4.69) is 4.98 Å². The zero-order chi connectivity index (χ0) is 17.3. The fourth-order valence-electron chi connectivity index (χ4n) is 3.23. The number of nitrogens with zero attached hydrogens (tertiary/aromatic N) is 5. The van der Waals surface area contributed by atoms with Gasteiger partial charge in [0.25, 0.3) is 11.8 Å². The van der Waals surface area contributed by atoms with Gasteiger partial charge in [-0.15, -0.1) is 0 Å². The molecule has 1 fully saturated rings. The highest BCUT2D eigenvalue weighted by atomic mass is 16.2. The van der Waals surface area contributed by atoms with Crippen LogP contribution in [0.5, 0.6) is 0 Å². The van der Waals surface area contributed by atoms with Crippen LogP contribution in [-0.2, 0) is 11.3 Å². The predicted molar refractivity (Wildman–Crippen MR) is 86.6 cm³/mol. The van der Waals surface area contributed by atoms with Gasteiger partial charge in [0.2, 0.25) is 5.91 Å². The molecule has 0 atom stereocenters. The van der Waals surface area contributed by atoms with Crippen molar-refractivity contribution in [2.45, 2.75) is 26.8 Å². The molecule has 0 N–H and O–H groups in total. The molecule has 130 valence electrons. The van der Waals surface area contributed by atoms with Gasteiger partial charge in [-0.05, 0) is 13.3 Å². The highest BCUT2D eigenvalue weighted by Gasteiger charge is 2.29. The Labute approximate surface area is 141 Å². The molecule has 24 heavy (non-hydrogen) atoms. The van der Waals surface area contributed by atoms with Crippen molar-refractivity contribution in [3.05, 3.63) is 17.7 Å². The minimum absolute atomic E-state index is 0.0343. The van der Waals surface area contributed by atoms with Gasteiger partial charge >= 0.3 is 0 Å². The van der Waals surface area contributed by atoms with Gasteiger partial charge in [-0.1, -0.05) is 0 Å². The van der Waals surface area contributed by atoms with Gasteiger partial charge in [0.05, 0.1) is 0 Å². The van der Waals surface area contributed by atoms with Crippen molar-refractivity contribution in [1.82, 2.24) is 24.3 Å². The molecule has 0 unspecified atom stereocenters. The number of imidazole rings is 1. The summed E-state index contributed by atoms with van der Waals surface area (Å²) in [6.07, 6.45) is 2.43. The largest absolute Gasteiger partial charge is 0.341 e. The molecule has 0 aliphatic carbocycles. The standard InChI is InChI=1S/C16H23N5O3/c1-3-18-7-10-21-11-13(17-14(21)16(18)24)15(23)20-6-4-5-19(8-9-20)12(2)22/h11H,3-10H2,1-2H3. The molecule has 8 nitrogen and oxygen atoms in total. The van der Waals surface area contributed by atoms with E-state index in [1.165, 1.54) is 0 Å². The van der Waals surface area contributed by atoms with Gasteiger partial charge < -0.3 is 19.3 Å². The van der Waals surface area contributed by atoms with Crippen molar-refractivity contribution in [3.8, 4) is 0 Å². The fourth-order valence-corrected chi connectivity index (χ4v) is 3.23. The first kappa shape index (κ1) is 16.5. The molecule has 0 aromatic carbocycles. The third kappa shape index (κ3) is 3.00. The minimum Gasteiger partial charge on any atom is -0.341 e. The maximum atomic E-state index is 12.7. The quantitative estimate of drug-likeness (QED) is 0.766. The molecule has 2 aliphatic heterocycles. The SMILES string of the molecule is CCN1CCn2cc(C(=O)N3CCCN(C(C)=O)CC3)nc2C1=O. The summed E-state index contributed by atoms with van der Waals surface area (Å²) in [5.41, 5.74) is 0.313. The Kier molecular flexibility index (Phi) is 4.55. The summed E-state index contributed by atoms with van der Waals surface area (Å²) in [7, 11) is 0. The van der Waals surface area contributed by atoms with Crippen LogP contribution in [-0.4, -0.2) is 81.2 Å². The zero-order valence-electron chi connectivity index (χ0n) is 14.2. The lowest BCUT2D eigenvalue weighted by atomic mass is 10.3. The second-order valence-corrected chi connectivity index (χ2v) is 6.18. The molecule has 0 bridgehead atoms. The maximum absolute atomic E-state index is 12.7. The summed E-state index contributed by atoms with van der Waals surface area (Å²) in [6.45, 7) is 7.72. The van der Waals surface area contributed by atoms with E-state index >= 15 is 0 Å². The average Bonchev–Trinajstić information content (AvgIpc) is 2.85. The number of amides is 3. The summed E-state index contributed by atoms with van der Waals surface area (Å²) >= 11 is 0. The Morgan fingerprint density at radius 1 is 1.08 bits per heavy atom. The topological polar surface area (TPSA) is 78.8 Å². The number of carbonyl (C=O) groups is 3. The van der Waals surface area contributed by atoms with Gasteiger partial charge in [0, 0.05) is 58.9 Å². The normalized spacial score (nSPS) is 18.4. The molecule has 1 aromatic rings. The van der Waals surface area contributed by atoms with Gasteiger partial charge in [0.1, 0.15) is 5.69 Å². The predicted octanol–water partition coefficient (Wildman–Crippen LogP) is 0.0532. The van der Waals surface area contributed by atoms with Crippen molar-refractivity contribution in [3.63, 3.8) is 0 Å². The molecule has 0 radical (unpaired) electrons. The maximum Gasteiger partial charge on any atom is 0.289 e. The van der Waals surface area contributed by atoms with Crippen LogP contribution < -0.4 is 0 Å². The lowest BCUT2D eigenvalue weighted by Gasteiger charge is -2.25. The van der Waals surface area contributed by atoms with E-state index in [1.807, 2.05) is 6.92 Å². The van der Waals surface area contributed by atoms with E-state index < -0.39 is 0 Å². The van der Waals surface area contributed by atoms with Crippen LogP contribution in [0, 0.1) is 0 Å². The summed E-state index contributed by atoms with van der Waals surface area (Å²) < 4.78 is 1.77. The number of fused-ring (bicyclic) bond motifs is 1. The molecule has 0 spiro atoms. The summed E-state index contributed by atoms with van der Waals surface area (Å²) in [6, 6.07) is 0. The number of likely N-dealkylation sites (N-methyl/N-ethyl adjacent to an activating group) is 1. The summed E-state index contributed by atoms with van der Waals surface area (Å²) in [5, 5.41) is 0. The number of aromatic nitrogens is 2. The smallest absolute Gasteiger partial charge is 0.289 e. The van der Waals surface area contributed by atoms with Crippen molar-refractivity contribution < 1.29 is 14.4 Å². The van der Waals surface area contributed by atoms with E-state index in [4.69, 9.17) is 0 Å².